The summed E-state index contributed by atoms with van der Waals surface area (Å²) in [5, 5.41) is 14.8. The highest BCUT2D eigenvalue weighted by Crippen LogP contribution is 2.32. The normalized spacial score (nSPS) is 16.6. The van der Waals surface area contributed by atoms with Crippen molar-refractivity contribution in [1.82, 2.24) is 5.32 Å². The minimum Gasteiger partial charge on any atom is -0.478 e. The quantitative estimate of drug-likeness (QED) is 0.867. The standard InChI is InChI=1S/C16H17NO2/c18-16(19)15-13-4-2-1-3-11(13)5-6-14(15)12-7-9-17-10-8-12/h1-6,12,17H,7-10H2,(H,18,19). The highest BCUT2D eigenvalue weighted by atomic mass is 16.4. The van der Waals surface area contributed by atoms with Gasteiger partial charge in [-0.2, -0.15) is 0 Å². The van der Waals surface area contributed by atoms with Crippen LogP contribution in [0.3, 0.4) is 0 Å². The maximum atomic E-state index is 11.7. The number of fused-ring (bicyclic) bond motifs is 1. The fourth-order valence-corrected chi connectivity index (χ4v) is 3.00. The van der Waals surface area contributed by atoms with E-state index in [2.05, 4.69) is 5.32 Å². The summed E-state index contributed by atoms with van der Waals surface area (Å²) in [6.07, 6.45) is 2.03. The van der Waals surface area contributed by atoms with E-state index in [0.717, 1.165) is 42.3 Å². The number of aromatic carboxylic acids is 1. The monoisotopic (exact) mass is 255 g/mol. The fourth-order valence-electron chi connectivity index (χ4n) is 3.00. The molecule has 3 nitrogen and oxygen atoms in total. The van der Waals surface area contributed by atoms with Crippen LogP contribution >= 0.6 is 0 Å². The molecule has 0 bridgehead atoms. The molecule has 98 valence electrons. The van der Waals surface area contributed by atoms with Crippen LogP contribution in [0.4, 0.5) is 0 Å². The minimum absolute atomic E-state index is 0.358. The second-order valence-electron chi connectivity index (χ2n) is 5.08. The van der Waals surface area contributed by atoms with Crippen molar-refractivity contribution in [3.8, 4) is 0 Å². The molecular formula is C16H17NO2. The number of carboxylic acid groups (broad SMARTS) is 1. The number of hydrogen-bond donors (Lipinski definition) is 2. The second kappa shape index (κ2) is 5.02. The van der Waals surface area contributed by atoms with Gasteiger partial charge in [0.1, 0.15) is 0 Å². The van der Waals surface area contributed by atoms with Gasteiger partial charge in [-0.05, 0) is 48.2 Å². The average molecular weight is 255 g/mol. The first-order chi connectivity index (χ1) is 9.27. The van der Waals surface area contributed by atoms with Gasteiger partial charge in [-0.1, -0.05) is 36.4 Å². The Bertz CT molecular complexity index is 615. The van der Waals surface area contributed by atoms with Gasteiger partial charge in [0.2, 0.25) is 0 Å². The number of rotatable bonds is 2. The molecule has 1 fully saturated rings. The zero-order valence-corrected chi connectivity index (χ0v) is 10.7. The molecule has 1 saturated heterocycles. The lowest BCUT2D eigenvalue weighted by Crippen LogP contribution is -2.27. The highest BCUT2D eigenvalue weighted by Gasteiger charge is 2.22. The molecule has 2 aromatic rings. The van der Waals surface area contributed by atoms with Gasteiger partial charge in [0.15, 0.2) is 0 Å². The smallest absolute Gasteiger partial charge is 0.336 e. The van der Waals surface area contributed by atoms with Gasteiger partial charge in [-0.15, -0.1) is 0 Å². The summed E-state index contributed by atoms with van der Waals surface area (Å²) in [5.74, 6) is -0.456. The summed E-state index contributed by atoms with van der Waals surface area (Å²) in [6, 6.07) is 11.8. The largest absolute Gasteiger partial charge is 0.478 e. The highest BCUT2D eigenvalue weighted by molar-refractivity contribution is 6.05. The number of piperidine rings is 1. The Morgan fingerprint density at radius 1 is 1.11 bits per heavy atom. The van der Waals surface area contributed by atoms with Crippen LogP contribution in [0.15, 0.2) is 36.4 Å². The topological polar surface area (TPSA) is 49.3 Å². The van der Waals surface area contributed by atoms with Crippen molar-refractivity contribution in [3.05, 3.63) is 47.5 Å². The molecule has 1 aliphatic rings. The zero-order valence-electron chi connectivity index (χ0n) is 10.7. The van der Waals surface area contributed by atoms with E-state index >= 15 is 0 Å². The third-order valence-corrected chi connectivity index (χ3v) is 3.95. The maximum absolute atomic E-state index is 11.7. The molecule has 0 unspecified atom stereocenters. The molecule has 0 aliphatic carbocycles. The summed E-state index contributed by atoms with van der Waals surface area (Å²) >= 11 is 0. The van der Waals surface area contributed by atoms with Gasteiger partial charge in [-0.25, -0.2) is 4.79 Å². The SMILES string of the molecule is O=C(O)c1c(C2CCNCC2)ccc2ccccc12. The molecule has 0 amide bonds. The summed E-state index contributed by atoms with van der Waals surface area (Å²) < 4.78 is 0. The third-order valence-electron chi connectivity index (χ3n) is 3.95. The van der Waals surface area contributed by atoms with E-state index in [1.54, 1.807) is 0 Å². The molecule has 3 rings (SSSR count). The van der Waals surface area contributed by atoms with E-state index in [1.807, 2.05) is 36.4 Å². The molecule has 0 spiro atoms. The maximum Gasteiger partial charge on any atom is 0.336 e. The summed E-state index contributed by atoms with van der Waals surface area (Å²) in [5.41, 5.74) is 1.48. The van der Waals surface area contributed by atoms with Gasteiger partial charge in [0.25, 0.3) is 0 Å². The predicted molar refractivity (Wildman–Crippen MR) is 75.8 cm³/mol. The lowest BCUT2D eigenvalue weighted by Gasteiger charge is -2.24. The average Bonchev–Trinajstić information content (AvgIpc) is 2.46. The van der Waals surface area contributed by atoms with Crippen molar-refractivity contribution in [2.24, 2.45) is 0 Å². The van der Waals surface area contributed by atoms with Gasteiger partial charge in [0, 0.05) is 0 Å². The van der Waals surface area contributed by atoms with Crippen LogP contribution in [-0.4, -0.2) is 24.2 Å². The zero-order chi connectivity index (χ0) is 13.2. The van der Waals surface area contributed by atoms with Crippen LogP contribution in [0, 0.1) is 0 Å². The molecule has 0 radical (unpaired) electrons. The molecule has 19 heavy (non-hydrogen) atoms. The van der Waals surface area contributed by atoms with Crippen LogP contribution in [0.5, 0.6) is 0 Å². The fraction of sp³-hybridized carbons (Fsp3) is 0.312. The first-order valence-corrected chi connectivity index (χ1v) is 6.73. The van der Waals surface area contributed by atoms with Crippen molar-refractivity contribution in [1.29, 1.82) is 0 Å². The summed E-state index contributed by atoms with van der Waals surface area (Å²) in [7, 11) is 0. The van der Waals surface area contributed by atoms with E-state index in [1.165, 1.54) is 0 Å². The Kier molecular flexibility index (Phi) is 3.22. The molecule has 0 atom stereocenters. The van der Waals surface area contributed by atoms with Crippen molar-refractivity contribution in [2.75, 3.05) is 13.1 Å². The van der Waals surface area contributed by atoms with Crippen LogP contribution in [-0.2, 0) is 0 Å². The lowest BCUT2D eigenvalue weighted by molar-refractivity contribution is 0.0697. The van der Waals surface area contributed by atoms with Crippen LogP contribution in [0.1, 0.15) is 34.7 Å². The molecule has 1 heterocycles. The van der Waals surface area contributed by atoms with E-state index in [4.69, 9.17) is 0 Å². The Labute approximate surface area is 112 Å². The van der Waals surface area contributed by atoms with Crippen molar-refractivity contribution >= 4 is 16.7 Å². The first kappa shape index (κ1) is 12.2. The van der Waals surface area contributed by atoms with Crippen molar-refractivity contribution < 1.29 is 9.90 Å². The van der Waals surface area contributed by atoms with Crippen molar-refractivity contribution in [2.45, 2.75) is 18.8 Å². The Balaban J connectivity index is 2.18. The van der Waals surface area contributed by atoms with Crippen LogP contribution in [0.2, 0.25) is 0 Å². The number of hydrogen-bond acceptors (Lipinski definition) is 2. The summed E-state index contributed by atoms with van der Waals surface area (Å²) in [4.78, 5) is 11.7. The molecular weight excluding hydrogens is 238 g/mol. The second-order valence-corrected chi connectivity index (χ2v) is 5.08. The lowest BCUT2D eigenvalue weighted by atomic mass is 9.85. The van der Waals surface area contributed by atoms with Crippen molar-refractivity contribution in [3.63, 3.8) is 0 Å². The van der Waals surface area contributed by atoms with E-state index in [9.17, 15) is 9.90 Å². The summed E-state index contributed by atoms with van der Waals surface area (Å²) in [6.45, 7) is 1.94. The Hall–Kier alpha value is -1.87. The predicted octanol–water partition coefficient (Wildman–Crippen LogP) is 3.01. The number of carbonyl (C=O) groups is 1. The van der Waals surface area contributed by atoms with Gasteiger partial charge in [-0.3, -0.25) is 0 Å². The first-order valence-electron chi connectivity index (χ1n) is 6.73. The molecule has 2 aromatic carbocycles. The van der Waals surface area contributed by atoms with E-state index in [-0.39, 0.29) is 0 Å². The molecule has 0 saturated carbocycles. The molecule has 3 heteroatoms. The number of benzene rings is 2. The molecule has 1 aliphatic heterocycles. The minimum atomic E-state index is -0.815. The number of nitrogens with one attached hydrogen (secondary N) is 1. The van der Waals surface area contributed by atoms with Crippen LogP contribution in [0.25, 0.3) is 10.8 Å². The van der Waals surface area contributed by atoms with Gasteiger partial charge < -0.3 is 10.4 Å². The van der Waals surface area contributed by atoms with E-state index in [0.29, 0.717) is 11.5 Å². The molecule has 0 aromatic heterocycles. The Morgan fingerprint density at radius 3 is 2.58 bits per heavy atom. The van der Waals surface area contributed by atoms with E-state index < -0.39 is 5.97 Å². The van der Waals surface area contributed by atoms with Crippen LogP contribution < -0.4 is 5.32 Å². The Morgan fingerprint density at radius 2 is 1.84 bits per heavy atom. The van der Waals surface area contributed by atoms with Gasteiger partial charge in [0.05, 0.1) is 5.56 Å². The number of carboxylic acids is 1. The molecule has 2 N–H and O–H groups in total. The van der Waals surface area contributed by atoms with Gasteiger partial charge >= 0.3 is 5.97 Å². The third kappa shape index (κ3) is 2.22.